The zero-order chi connectivity index (χ0) is 56.3. The van der Waals surface area contributed by atoms with E-state index in [0.717, 1.165) is 0 Å². The van der Waals surface area contributed by atoms with Crippen molar-refractivity contribution in [2.45, 2.75) is 13.8 Å². The topological polar surface area (TPSA) is 47.6 Å². The molecule has 0 N–H and O–H groups in total. The van der Waals surface area contributed by atoms with E-state index in [2.05, 4.69) is 343 Å². The summed E-state index contributed by atoms with van der Waals surface area (Å²) in [4.78, 5) is 0. The molecular formula is C72H65BClN2P3Ru. The summed E-state index contributed by atoms with van der Waals surface area (Å²) in [6.45, 7) is 2.86. The van der Waals surface area contributed by atoms with Crippen molar-refractivity contribution in [3.63, 3.8) is 0 Å². The number of hydrogen-bond acceptors (Lipinski definition) is 2. The molecule has 11 rings (SSSR count). The fourth-order valence-corrected chi connectivity index (χ4v) is 17.4. The Morgan fingerprint density at radius 1 is 0.275 bits per heavy atom. The van der Waals surface area contributed by atoms with Gasteiger partial charge in [-0.05, 0) is 73.2 Å². The smallest absolute Gasteiger partial charge is 0.108 e. The molecule has 80 heavy (non-hydrogen) atoms. The normalized spacial score (nSPS) is 10.2. The van der Waals surface area contributed by atoms with Crippen LogP contribution in [0.3, 0.4) is 0 Å². The average Bonchev–Trinajstić information content (AvgIpc) is 3.55. The molecule has 8 heteroatoms. The van der Waals surface area contributed by atoms with Crippen LogP contribution < -0.4 is 59.0 Å². The fourth-order valence-electron chi connectivity index (χ4n) is 9.75. The Hall–Kier alpha value is -7.33. The summed E-state index contributed by atoms with van der Waals surface area (Å²) in [6.07, 6.45) is 1.20. The molecule has 0 amide bonds. The zero-order valence-electron chi connectivity index (χ0n) is 45.2. The number of rotatable bonds is 14. The van der Waals surface area contributed by atoms with Crippen molar-refractivity contribution >= 4 is 98.6 Å². The summed E-state index contributed by atoms with van der Waals surface area (Å²) in [5, 5.41) is 24.7. The Bertz CT molecular complexity index is 2990. The third-order valence-electron chi connectivity index (χ3n) is 13.1. The van der Waals surface area contributed by atoms with E-state index in [-0.39, 0.29) is 15.8 Å². The van der Waals surface area contributed by atoms with Gasteiger partial charge in [0.25, 0.3) is 0 Å². The number of benzene rings is 11. The van der Waals surface area contributed by atoms with E-state index in [4.69, 9.17) is 10.5 Å². The van der Waals surface area contributed by atoms with Crippen LogP contribution in [0.2, 0.25) is 0 Å². The van der Waals surface area contributed by atoms with Gasteiger partial charge >= 0.3 is 27.0 Å². The van der Waals surface area contributed by atoms with Crippen LogP contribution >= 0.6 is 33.5 Å². The molecule has 0 bridgehead atoms. The molecule has 0 fully saturated rings. The van der Waals surface area contributed by atoms with Gasteiger partial charge in [-0.3, -0.25) is 0 Å². The number of nitrogens with zero attached hydrogens (tertiary/aromatic N) is 2. The molecule has 0 saturated carbocycles. The molecule has 0 aliphatic rings. The third kappa shape index (κ3) is 18.1. The second kappa shape index (κ2) is 36.0. The van der Waals surface area contributed by atoms with Gasteiger partial charge < -0.3 is 0 Å². The number of hydrogen-bond donors (Lipinski definition) is 0. The van der Waals surface area contributed by atoms with E-state index in [9.17, 15) is 0 Å². The minimum Gasteiger partial charge on any atom is -0.195 e. The van der Waals surface area contributed by atoms with Gasteiger partial charge in [-0.1, -0.05) is 334 Å². The molecule has 0 radical (unpaired) electrons. The Kier molecular flexibility index (Phi) is 27.9. The van der Waals surface area contributed by atoms with Gasteiger partial charge in [-0.15, -0.1) is 0 Å². The van der Waals surface area contributed by atoms with Crippen molar-refractivity contribution in [2.75, 3.05) is 12.3 Å². The van der Waals surface area contributed by atoms with Crippen molar-refractivity contribution in [3.8, 4) is 12.1 Å². The Morgan fingerprint density at radius 3 is 0.575 bits per heavy atom. The number of nitriles is 2. The Labute approximate surface area is 494 Å². The van der Waals surface area contributed by atoms with E-state index >= 15 is 0 Å². The molecule has 0 atom stereocenters. The first-order chi connectivity index (χ1) is 39.6. The molecule has 2 nitrogen and oxygen atoms in total. The van der Waals surface area contributed by atoms with E-state index in [0.29, 0.717) is 0 Å². The van der Waals surface area contributed by atoms with E-state index in [1.807, 2.05) is 17.3 Å². The van der Waals surface area contributed by atoms with Crippen LogP contribution in [-0.2, 0) is 17.3 Å². The van der Waals surface area contributed by atoms with E-state index < -0.39 is 14.1 Å². The molecular weight excluding hydrogens is 1130 g/mol. The summed E-state index contributed by atoms with van der Waals surface area (Å²) < 4.78 is 0. The standard InChI is InChI=1S/C26H24P2.C24H20B.C18H15P.2C2H3N.ClH.Ru/c1-5-13-23(14-6-1)27(24-15-7-2-8-16-24)21-22-28(25-17-9-3-10-18-25)26-19-11-4-12-20-26;1-5-13-21(14-6-1)25(22-15-7-2-8-16-22,23-17-9-3-10-18-23)24-19-11-4-12-20-24;1-4-10-16(11-5-1)19(17-12-6-2-7-13-17)18-14-8-3-9-15-18;2*1-2-3;;/h1-20H,21-22H2;1-20H;1-15H;2*1H3;1H;/q;-1;;;;;+2/p-1. The van der Waals surface area contributed by atoms with Crippen LogP contribution in [0, 0.1) is 22.7 Å². The van der Waals surface area contributed by atoms with Crippen molar-refractivity contribution < 1.29 is 17.3 Å². The maximum Gasteiger partial charge on any atom is 0.108 e. The van der Waals surface area contributed by atoms with E-state index in [1.54, 1.807) is 12.1 Å². The van der Waals surface area contributed by atoms with Gasteiger partial charge in [0.05, 0.1) is 12.1 Å². The monoisotopic (exact) mass is 1200 g/mol. The van der Waals surface area contributed by atoms with Crippen LogP contribution in [0.25, 0.3) is 0 Å². The molecule has 0 spiro atoms. The van der Waals surface area contributed by atoms with Crippen LogP contribution in [0.15, 0.2) is 334 Å². The summed E-state index contributed by atoms with van der Waals surface area (Å²) in [5.74, 6) is 0. The number of halogens is 1. The maximum atomic E-state index is 7.32. The minimum atomic E-state index is -1.22. The Morgan fingerprint density at radius 2 is 0.412 bits per heavy atom. The van der Waals surface area contributed by atoms with Gasteiger partial charge in [0.15, 0.2) is 0 Å². The van der Waals surface area contributed by atoms with Crippen LogP contribution in [0.4, 0.5) is 0 Å². The summed E-state index contributed by atoms with van der Waals surface area (Å²) in [6, 6.07) is 124. The summed E-state index contributed by atoms with van der Waals surface area (Å²) >= 11 is 1.82. The molecule has 0 heterocycles. The first-order valence-electron chi connectivity index (χ1n) is 26.5. The van der Waals surface area contributed by atoms with E-state index in [1.165, 1.54) is 85.2 Å². The zero-order valence-corrected chi connectivity index (χ0v) is 50.4. The largest absolute Gasteiger partial charge is 0.195 e. The molecule has 0 aliphatic heterocycles. The Balaban J connectivity index is 0.000000184. The predicted molar refractivity (Wildman–Crippen MR) is 352 cm³/mol. The maximum absolute atomic E-state index is 7.32. The molecule has 0 aromatic heterocycles. The average molecular weight is 1200 g/mol. The van der Waals surface area contributed by atoms with Gasteiger partial charge in [-0.25, -0.2) is 0 Å². The molecule has 0 aliphatic carbocycles. The fraction of sp³-hybridized carbons (Fsp3) is 0.0556. The second-order valence-electron chi connectivity index (χ2n) is 17.9. The quantitative estimate of drug-likeness (QED) is 0.0805. The van der Waals surface area contributed by atoms with Gasteiger partial charge in [-0.2, -0.15) is 32.4 Å². The van der Waals surface area contributed by atoms with Crippen molar-refractivity contribution in [2.24, 2.45) is 0 Å². The van der Waals surface area contributed by atoms with Crippen LogP contribution in [0.1, 0.15) is 13.8 Å². The van der Waals surface area contributed by atoms with Crippen molar-refractivity contribution in [1.29, 1.82) is 10.5 Å². The molecule has 11 aromatic carbocycles. The van der Waals surface area contributed by atoms with Crippen molar-refractivity contribution in [3.05, 3.63) is 334 Å². The SMILES string of the molecule is CC#N.CC#N.[Cl][Ru+].c1ccc(P(CCP(c2ccccc2)c2ccccc2)c2ccccc2)cc1.c1ccc(P(c2ccccc2)c2ccccc2)cc1.c1ccc([B-](c2ccccc2)(c2ccccc2)c2ccccc2)cc1. The third-order valence-corrected chi connectivity index (χ3v) is 20.9. The van der Waals surface area contributed by atoms with Gasteiger partial charge in [0.1, 0.15) is 6.15 Å². The van der Waals surface area contributed by atoms with Gasteiger partial charge in [0, 0.05) is 13.8 Å². The molecule has 396 valence electrons. The minimum absolute atomic E-state index is 0.348. The van der Waals surface area contributed by atoms with Crippen LogP contribution in [0.5, 0.6) is 0 Å². The molecule has 11 aromatic rings. The predicted octanol–water partition coefficient (Wildman–Crippen LogP) is 13.5. The van der Waals surface area contributed by atoms with Crippen molar-refractivity contribution in [1.82, 2.24) is 0 Å². The first-order valence-corrected chi connectivity index (χ1v) is 33.1. The molecule has 0 saturated heterocycles. The van der Waals surface area contributed by atoms with Gasteiger partial charge in [0.2, 0.25) is 0 Å². The second-order valence-corrected chi connectivity index (χ2v) is 24.8. The first kappa shape index (κ1) is 61.9. The molecule has 0 unspecified atom stereocenters. The van der Waals surface area contributed by atoms with Crippen LogP contribution in [-0.4, -0.2) is 18.5 Å². The summed E-state index contributed by atoms with van der Waals surface area (Å²) in [7, 11) is 3.43. The summed E-state index contributed by atoms with van der Waals surface area (Å²) in [5.41, 5.74) is 5.36.